The van der Waals surface area contributed by atoms with Crippen molar-refractivity contribution in [3.05, 3.63) is 52.6 Å². The van der Waals surface area contributed by atoms with E-state index in [1.54, 1.807) is 12.1 Å². The van der Waals surface area contributed by atoms with Gasteiger partial charge in [-0.1, -0.05) is 18.2 Å². The molecule has 1 aromatic carbocycles. The molecule has 4 nitrogen and oxygen atoms in total. The molecular formula is C12H16N2O2S. The van der Waals surface area contributed by atoms with Crippen molar-refractivity contribution in [2.24, 2.45) is 0 Å². The molecule has 17 heavy (non-hydrogen) atoms. The number of non-ortho nitro benzene ring substituents is 1. The minimum atomic E-state index is -0.372. The molecule has 0 saturated carbocycles. The zero-order chi connectivity index (χ0) is 12.5. The van der Waals surface area contributed by atoms with Crippen LogP contribution in [-0.4, -0.2) is 23.0 Å². The highest BCUT2D eigenvalue weighted by molar-refractivity contribution is 7.99. The number of thioether (sulfide) groups is 1. The van der Waals surface area contributed by atoms with Crippen LogP contribution in [-0.2, 0) is 6.54 Å². The lowest BCUT2D eigenvalue weighted by atomic mass is 10.2. The molecule has 0 saturated heterocycles. The normalized spacial score (nSPS) is 10.1. The van der Waals surface area contributed by atoms with Crippen LogP contribution in [0.5, 0.6) is 0 Å². The molecule has 1 aromatic rings. The Labute approximate surface area is 105 Å². The maximum absolute atomic E-state index is 10.6. The molecule has 0 amide bonds. The average molecular weight is 252 g/mol. The van der Waals surface area contributed by atoms with E-state index in [0.29, 0.717) is 6.54 Å². The van der Waals surface area contributed by atoms with Gasteiger partial charge in [0.05, 0.1) is 4.92 Å². The van der Waals surface area contributed by atoms with E-state index in [1.165, 1.54) is 6.07 Å². The number of hydrogen-bond donors (Lipinski definition) is 1. The predicted octanol–water partition coefficient (Wildman–Crippen LogP) is 2.60. The first-order valence-electron chi connectivity index (χ1n) is 5.36. The van der Waals surface area contributed by atoms with E-state index >= 15 is 0 Å². The van der Waals surface area contributed by atoms with Crippen LogP contribution in [0.15, 0.2) is 36.9 Å². The Morgan fingerprint density at radius 2 is 2.35 bits per heavy atom. The number of rotatable bonds is 8. The summed E-state index contributed by atoms with van der Waals surface area (Å²) in [6, 6.07) is 6.70. The second-order valence-electron chi connectivity index (χ2n) is 3.47. The number of nitrogens with one attached hydrogen (secondary N) is 1. The number of nitrogens with zero attached hydrogens (tertiary/aromatic N) is 1. The summed E-state index contributed by atoms with van der Waals surface area (Å²) in [4.78, 5) is 10.2. The fourth-order valence-electron chi connectivity index (χ4n) is 1.32. The van der Waals surface area contributed by atoms with Crippen molar-refractivity contribution in [1.82, 2.24) is 5.32 Å². The summed E-state index contributed by atoms with van der Waals surface area (Å²) >= 11 is 1.81. The third-order valence-corrected chi connectivity index (χ3v) is 3.07. The monoisotopic (exact) mass is 252 g/mol. The van der Waals surface area contributed by atoms with E-state index in [-0.39, 0.29) is 10.6 Å². The first-order valence-corrected chi connectivity index (χ1v) is 6.52. The summed E-state index contributed by atoms with van der Waals surface area (Å²) in [5.74, 6) is 1.97. The van der Waals surface area contributed by atoms with Crippen molar-refractivity contribution in [2.45, 2.75) is 6.54 Å². The molecule has 0 radical (unpaired) electrons. The summed E-state index contributed by atoms with van der Waals surface area (Å²) in [7, 11) is 0. The van der Waals surface area contributed by atoms with Gasteiger partial charge in [0.2, 0.25) is 0 Å². The van der Waals surface area contributed by atoms with E-state index < -0.39 is 0 Å². The number of nitro groups is 1. The van der Waals surface area contributed by atoms with Crippen LogP contribution in [0, 0.1) is 10.1 Å². The van der Waals surface area contributed by atoms with Crippen LogP contribution >= 0.6 is 11.8 Å². The summed E-state index contributed by atoms with van der Waals surface area (Å²) in [6.07, 6.45) is 1.88. The summed E-state index contributed by atoms with van der Waals surface area (Å²) in [6.45, 7) is 5.20. The second kappa shape index (κ2) is 7.86. The standard InChI is InChI=1S/C12H16N2O2S/c1-2-7-17-8-6-13-10-11-4-3-5-12(9-11)14(15)16/h2-5,9,13H,1,6-8,10H2. The molecule has 0 aliphatic heterocycles. The Hall–Kier alpha value is -1.33. The topological polar surface area (TPSA) is 55.2 Å². The number of nitro benzene ring substituents is 1. The van der Waals surface area contributed by atoms with Crippen molar-refractivity contribution in [2.75, 3.05) is 18.1 Å². The molecule has 0 bridgehead atoms. The van der Waals surface area contributed by atoms with Gasteiger partial charge in [0, 0.05) is 36.7 Å². The van der Waals surface area contributed by atoms with Crippen molar-refractivity contribution >= 4 is 17.4 Å². The van der Waals surface area contributed by atoms with Crippen LogP contribution in [0.1, 0.15) is 5.56 Å². The number of hydrogen-bond acceptors (Lipinski definition) is 4. The Bertz CT molecular complexity index is 383. The van der Waals surface area contributed by atoms with Gasteiger partial charge in [-0.15, -0.1) is 6.58 Å². The van der Waals surface area contributed by atoms with Crippen LogP contribution in [0.4, 0.5) is 5.69 Å². The molecule has 0 atom stereocenters. The zero-order valence-corrected chi connectivity index (χ0v) is 10.4. The fourth-order valence-corrected chi connectivity index (χ4v) is 1.95. The molecule has 1 N–H and O–H groups in total. The summed E-state index contributed by atoms with van der Waals surface area (Å²) in [5, 5.41) is 13.8. The molecule has 0 aromatic heterocycles. The minimum absolute atomic E-state index is 0.144. The second-order valence-corrected chi connectivity index (χ2v) is 4.62. The molecule has 5 heteroatoms. The van der Waals surface area contributed by atoms with Crippen molar-refractivity contribution in [3.8, 4) is 0 Å². The molecule has 0 unspecified atom stereocenters. The first kappa shape index (κ1) is 13.7. The van der Waals surface area contributed by atoms with Crippen LogP contribution in [0.3, 0.4) is 0 Å². The summed E-state index contributed by atoms with van der Waals surface area (Å²) in [5.41, 5.74) is 1.08. The first-order chi connectivity index (χ1) is 8.24. The molecule has 1 rings (SSSR count). The lowest BCUT2D eigenvalue weighted by molar-refractivity contribution is -0.384. The highest BCUT2D eigenvalue weighted by Crippen LogP contribution is 2.12. The van der Waals surface area contributed by atoms with E-state index in [4.69, 9.17) is 0 Å². The fraction of sp³-hybridized carbons (Fsp3) is 0.333. The predicted molar refractivity (Wildman–Crippen MR) is 72.3 cm³/mol. The average Bonchev–Trinajstić information content (AvgIpc) is 2.34. The van der Waals surface area contributed by atoms with Crippen molar-refractivity contribution in [3.63, 3.8) is 0 Å². The van der Waals surface area contributed by atoms with E-state index in [2.05, 4.69) is 11.9 Å². The van der Waals surface area contributed by atoms with Gasteiger partial charge >= 0.3 is 0 Å². The van der Waals surface area contributed by atoms with Crippen molar-refractivity contribution in [1.29, 1.82) is 0 Å². The van der Waals surface area contributed by atoms with Gasteiger partial charge < -0.3 is 5.32 Å². The van der Waals surface area contributed by atoms with E-state index in [9.17, 15) is 10.1 Å². The van der Waals surface area contributed by atoms with Gasteiger partial charge in [0.15, 0.2) is 0 Å². The zero-order valence-electron chi connectivity index (χ0n) is 9.59. The third-order valence-electron chi connectivity index (χ3n) is 2.11. The molecule has 0 aliphatic carbocycles. The Morgan fingerprint density at radius 1 is 1.53 bits per heavy atom. The van der Waals surface area contributed by atoms with Gasteiger partial charge in [-0.3, -0.25) is 10.1 Å². The maximum atomic E-state index is 10.6. The SMILES string of the molecule is C=CCSCCNCc1cccc([N+](=O)[O-])c1. The maximum Gasteiger partial charge on any atom is 0.269 e. The highest BCUT2D eigenvalue weighted by atomic mass is 32.2. The lowest BCUT2D eigenvalue weighted by Gasteiger charge is -2.04. The van der Waals surface area contributed by atoms with Gasteiger partial charge in [-0.25, -0.2) is 0 Å². The third kappa shape index (κ3) is 5.51. The van der Waals surface area contributed by atoms with Crippen LogP contribution < -0.4 is 5.32 Å². The highest BCUT2D eigenvalue weighted by Gasteiger charge is 2.04. The quantitative estimate of drug-likeness (QED) is 0.334. The Kier molecular flexibility index (Phi) is 6.35. The molecule has 0 spiro atoms. The molecular weight excluding hydrogens is 236 g/mol. The van der Waals surface area contributed by atoms with Gasteiger partial charge in [0.25, 0.3) is 5.69 Å². The molecule has 92 valence electrons. The van der Waals surface area contributed by atoms with Gasteiger partial charge in [0.1, 0.15) is 0 Å². The largest absolute Gasteiger partial charge is 0.312 e. The Morgan fingerprint density at radius 3 is 3.06 bits per heavy atom. The lowest BCUT2D eigenvalue weighted by Crippen LogP contribution is -2.16. The van der Waals surface area contributed by atoms with Crippen LogP contribution in [0.25, 0.3) is 0 Å². The van der Waals surface area contributed by atoms with Gasteiger partial charge in [-0.05, 0) is 5.56 Å². The minimum Gasteiger partial charge on any atom is -0.312 e. The van der Waals surface area contributed by atoms with Crippen molar-refractivity contribution < 1.29 is 4.92 Å². The Balaban J connectivity index is 2.29. The smallest absolute Gasteiger partial charge is 0.269 e. The molecule has 0 heterocycles. The molecule has 0 fully saturated rings. The molecule has 0 aliphatic rings. The number of benzene rings is 1. The van der Waals surface area contributed by atoms with E-state index in [1.807, 2.05) is 23.9 Å². The van der Waals surface area contributed by atoms with E-state index in [0.717, 1.165) is 23.6 Å². The summed E-state index contributed by atoms with van der Waals surface area (Å²) < 4.78 is 0. The van der Waals surface area contributed by atoms with Crippen LogP contribution in [0.2, 0.25) is 0 Å². The van der Waals surface area contributed by atoms with Gasteiger partial charge in [-0.2, -0.15) is 11.8 Å².